The summed E-state index contributed by atoms with van der Waals surface area (Å²) in [6.45, 7) is 2.57. The van der Waals surface area contributed by atoms with Crippen LogP contribution < -0.4 is 5.73 Å². The highest BCUT2D eigenvalue weighted by molar-refractivity contribution is 5.83. The normalized spacial score (nSPS) is 12.0. The Bertz CT molecular complexity index is 1960. The largest absolute Gasteiger partial charge is 0.453 e. The maximum absolute atomic E-state index is 14.0. The number of imidazole rings is 1. The van der Waals surface area contributed by atoms with E-state index in [1.54, 1.807) is 24.3 Å². The van der Waals surface area contributed by atoms with Crippen LogP contribution in [0.4, 0.5) is 8.78 Å². The summed E-state index contributed by atoms with van der Waals surface area (Å²) >= 11 is 0. The van der Waals surface area contributed by atoms with E-state index in [1.807, 2.05) is 16.7 Å². The Morgan fingerprint density at radius 2 is 1.33 bits per heavy atom. The lowest BCUT2D eigenvalue weighted by molar-refractivity contribution is 0.0479. The van der Waals surface area contributed by atoms with Gasteiger partial charge in [0.05, 0.1) is 37.8 Å². The van der Waals surface area contributed by atoms with Crippen molar-refractivity contribution in [1.82, 2.24) is 9.55 Å². The Morgan fingerprint density at radius 3 is 2.09 bits per heavy atom. The van der Waals surface area contributed by atoms with Crippen LogP contribution >= 0.6 is 0 Å². The third-order valence-corrected chi connectivity index (χ3v) is 8.21. The summed E-state index contributed by atoms with van der Waals surface area (Å²) in [5.74, 6) is 1.19. The number of hydrogen-bond acceptors (Lipinski definition) is 5. The van der Waals surface area contributed by atoms with Crippen LogP contribution in [0.3, 0.4) is 0 Å². The van der Waals surface area contributed by atoms with E-state index in [2.05, 4.69) is 42.5 Å². The lowest BCUT2D eigenvalue weighted by atomic mass is 10.0. The van der Waals surface area contributed by atoms with Gasteiger partial charge < -0.3 is 24.2 Å². The van der Waals surface area contributed by atoms with Crippen molar-refractivity contribution in [2.45, 2.75) is 13.0 Å². The highest BCUT2D eigenvalue weighted by Crippen LogP contribution is 2.41. The summed E-state index contributed by atoms with van der Waals surface area (Å²) in [5.41, 5.74) is 14.4. The van der Waals surface area contributed by atoms with Gasteiger partial charge in [-0.15, -0.1) is 0 Å². The van der Waals surface area contributed by atoms with Gasteiger partial charge in [-0.25, -0.2) is 13.8 Å². The van der Waals surface area contributed by atoms with Crippen LogP contribution in [-0.4, -0.2) is 42.5 Å². The van der Waals surface area contributed by atoms with Crippen LogP contribution in [0.25, 0.3) is 56.6 Å². The molecule has 0 fully saturated rings. The highest BCUT2D eigenvalue weighted by atomic mass is 19.1. The van der Waals surface area contributed by atoms with Gasteiger partial charge in [-0.2, -0.15) is 0 Å². The van der Waals surface area contributed by atoms with E-state index in [0.29, 0.717) is 56.8 Å². The van der Waals surface area contributed by atoms with Gasteiger partial charge in [0.1, 0.15) is 17.4 Å². The van der Waals surface area contributed by atoms with Crippen LogP contribution in [0.1, 0.15) is 11.1 Å². The Hall–Kier alpha value is -4.89. The first-order valence-corrected chi connectivity index (χ1v) is 15.4. The fourth-order valence-electron chi connectivity index (χ4n) is 6.02. The summed E-state index contributed by atoms with van der Waals surface area (Å²) < 4.78 is 47.9. The second kappa shape index (κ2) is 13.2. The molecule has 7 rings (SSSR count). The van der Waals surface area contributed by atoms with Gasteiger partial charge in [0.25, 0.3) is 0 Å². The van der Waals surface area contributed by atoms with Crippen molar-refractivity contribution in [3.63, 3.8) is 0 Å². The number of ether oxygens (including phenoxy) is 2. The first-order chi connectivity index (χ1) is 22.6. The molecule has 1 aliphatic rings. The van der Waals surface area contributed by atoms with Crippen molar-refractivity contribution in [2.75, 3.05) is 33.0 Å². The van der Waals surface area contributed by atoms with Gasteiger partial charge >= 0.3 is 0 Å². The van der Waals surface area contributed by atoms with Gasteiger partial charge in [-0.3, -0.25) is 0 Å². The Kier molecular flexibility index (Phi) is 8.57. The number of benzene rings is 4. The molecule has 0 unspecified atom stereocenters. The van der Waals surface area contributed by atoms with Crippen LogP contribution in [-0.2, 0) is 22.4 Å². The third-order valence-electron chi connectivity index (χ3n) is 8.21. The number of nitrogens with zero attached hydrogens (tertiary/aromatic N) is 2. The maximum Gasteiger partial charge on any atom is 0.177 e. The van der Waals surface area contributed by atoms with Gasteiger partial charge in [0.2, 0.25) is 0 Å². The molecular formula is C38H33F2N3O3. The van der Waals surface area contributed by atoms with Crippen molar-refractivity contribution in [3.05, 3.63) is 126 Å². The average molecular weight is 618 g/mol. The monoisotopic (exact) mass is 617 g/mol. The van der Waals surface area contributed by atoms with E-state index < -0.39 is 0 Å². The van der Waals surface area contributed by atoms with Crippen LogP contribution in [0.2, 0.25) is 0 Å². The van der Waals surface area contributed by atoms with E-state index in [-0.39, 0.29) is 11.6 Å². The molecule has 2 heterocycles. The average Bonchev–Trinajstić information content (AvgIpc) is 3.81. The predicted molar refractivity (Wildman–Crippen MR) is 175 cm³/mol. The summed E-state index contributed by atoms with van der Waals surface area (Å²) in [7, 11) is 0. The van der Waals surface area contributed by atoms with Crippen molar-refractivity contribution in [2.24, 2.45) is 5.73 Å². The molecule has 232 valence electrons. The lowest BCUT2D eigenvalue weighted by Crippen LogP contribution is -2.14. The minimum Gasteiger partial charge on any atom is -0.453 e. The minimum absolute atomic E-state index is 0.341. The molecule has 46 heavy (non-hydrogen) atoms. The summed E-state index contributed by atoms with van der Waals surface area (Å²) in [6, 6.07) is 31.3. The predicted octanol–water partition coefficient (Wildman–Crippen LogP) is 7.99. The molecule has 6 aromatic rings. The van der Waals surface area contributed by atoms with Crippen LogP contribution in [0.15, 0.2) is 108 Å². The maximum atomic E-state index is 14.0. The molecule has 0 saturated carbocycles. The van der Waals surface area contributed by atoms with E-state index in [0.717, 1.165) is 34.6 Å². The van der Waals surface area contributed by atoms with E-state index >= 15 is 0 Å². The van der Waals surface area contributed by atoms with Crippen molar-refractivity contribution in [1.29, 1.82) is 0 Å². The second-order valence-electron chi connectivity index (χ2n) is 11.2. The number of furan rings is 1. The molecule has 0 spiro atoms. The molecule has 0 aliphatic heterocycles. The number of rotatable bonds is 12. The zero-order chi connectivity index (χ0) is 31.5. The molecule has 6 nitrogen and oxygen atoms in total. The lowest BCUT2D eigenvalue weighted by Gasteiger charge is -2.13. The van der Waals surface area contributed by atoms with Crippen molar-refractivity contribution in [3.8, 4) is 56.6 Å². The van der Waals surface area contributed by atoms with Gasteiger partial charge in [-0.1, -0.05) is 36.4 Å². The molecule has 0 radical (unpaired) electrons. The number of aromatic nitrogens is 2. The minimum atomic E-state index is -0.343. The van der Waals surface area contributed by atoms with Crippen molar-refractivity contribution < 1.29 is 22.7 Å². The van der Waals surface area contributed by atoms with E-state index in [9.17, 15) is 8.78 Å². The van der Waals surface area contributed by atoms with Crippen LogP contribution in [0, 0.1) is 11.6 Å². The van der Waals surface area contributed by atoms with E-state index in [4.69, 9.17) is 24.6 Å². The van der Waals surface area contributed by atoms with Gasteiger partial charge in [0.15, 0.2) is 11.6 Å². The quantitative estimate of drug-likeness (QED) is 0.141. The number of halogens is 2. The number of fused-ring (bicyclic) bond motifs is 3. The molecule has 2 aromatic heterocycles. The summed E-state index contributed by atoms with van der Waals surface area (Å²) in [5, 5.41) is 0. The third kappa shape index (κ3) is 6.02. The summed E-state index contributed by atoms with van der Waals surface area (Å²) in [4.78, 5) is 5.07. The van der Waals surface area contributed by atoms with E-state index in [1.165, 1.54) is 46.5 Å². The fourth-order valence-corrected chi connectivity index (χ4v) is 6.02. The Morgan fingerprint density at radius 1 is 0.674 bits per heavy atom. The number of nitrogens with two attached hydrogens (primary N) is 1. The first-order valence-electron chi connectivity index (χ1n) is 15.4. The molecule has 4 aromatic carbocycles. The highest BCUT2D eigenvalue weighted by Gasteiger charge is 2.24. The molecule has 1 aliphatic carbocycles. The SMILES string of the molecule is NCCOCCOCCn1c(-c2ccc(-c3ccc4c(c3)-c3ccccc3C4)o2)nc(-c2ccc(F)cc2)c1-c1ccc(F)cc1. The van der Waals surface area contributed by atoms with Gasteiger partial charge in [-0.05, 0) is 95.4 Å². The molecule has 0 atom stereocenters. The summed E-state index contributed by atoms with van der Waals surface area (Å²) in [6.07, 6.45) is 0.923. The second-order valence-corrected chi connectivity index (χ2v) is 11.2. The molecule has 2 N–H and O–H groups in total. The molecule has 8 heteroatoms. The topological polar surface area (TPSA) is 75.4 Å². The van der Waals surface area contributed by atoms with Crippen LogP contribution in [0.5, 0.6) is 0 Å². The standard InChI is InChI=1S/C38H33F2N3O3/c39-30-11-7-25(8-12-30)36-37(26-9-13-31(40)14-10-26)43(18-20-45-22-21-44-19-17-41)38(42-36)35-16-15-34(46-35)29-6-5-28-23-27-3-1-2-4-32(27)33(28)24-29/h1-16,24H,17-23,41H2. The van der Waals surface area contributed by atoms with Gasteiger partial charge in [0, 0.05) is 29.8 Å². The number of hydrogen-bond donors (Lipinski definition) is 1. The smallest absolute Gasteiger partial charge is 0.177 e. The first kappa shape index (κ1) is 29.8. The molecule has 0 amide bonds. The molecule has 0 bridgehead atoms. The van der Waals surface area contributed by atoms with Crippen molar-refractivity contribution >= 4 is 0 Å². The zero-order valence-electron chi connectivity index (χ0n) is 25.2. The molecular weight excluding hydrogens is 584 g/mol. The Balaban J connectivity index is 1.29. The Labute approximate surface area is 266 Å². The zero-order valence-corrected chi connectivity index (χ0v) is 25.2. The molecule has 0 saturated heterocycles. The fraction of sp³-hybridized carbons (Fsp3) is 0.184.